The number of carbonyl (C=O) groups excluding carboxylic acids is 2. The lowest BCUT2D eigenvalue weighted by Gasteiger charge is -2.26. The Kier molecular flexibility index (Phi) is 4.29. The van der Waals surface area contributed by atoms with Crippen LogP contribution in [0, 0.1) is 0 Å². The van der Waals surface area contributed by atoms with E-state index in [1.54, 1.807) is 24.0 Å². The summed E-state index contributed by atoms with van der Waals surface area (Å²) < 4.78 is 1.77. The molecule has 8 nitrogen and oxygen atoms in total. The molecule has 27 heavy (non-hydrogen) atoms. The molecule has 3 heterocycles. The van der Waals surface area contributed by atoms with Gasteiger partial charge in [0.25, 0.3) is 5.91 Å². The summed E-state index contributed by atoms with van der Waals surface area (Å²) in [4.78, 5) is 30.0. The Morgan fingerprint density at radius 3 is 2.85 bits per heavy atom. The lowest BCUT2D eigenvalue weighted by atomic mass is 10.1. The van der Waals surface area contributed by atoms with Crippen molar-refractivity contribution in [3.05, 3.63) is 66.1 Å². The van der Waals surface area contributed by atoms with E-state index in [1.165, 1.54) is 11.1 Å². The smallest absolute Gasteiger partial charge is 0.253 e. The van der Waals surface area contributed by atoms with Gasteiger partial charge < -0.3 is 15.5 Å². The average molecular weight is 362 g/mol. The molecule has 2 amide bonds. The largest absolute Gasteiger partial charge is 0.359 e. The first-order valence-electron chi connectivity index (χ1n) is 8.49. The molecule has 3 aromatic rings. The van der Waals surface area contributed by atoms with Crippen molar-refractivity contribution in [1.82, 2.24) is 20.1 Å². The second-order valence-electron chi connectivity index (χ2n) is 6.20. The van der Waals surface area contributed by atoms with Crippen LogP contribution in [0.3, 0.4) is 0 Å². The molecule has 0 aliphatic carbocycles. The number of rotatable bonds is 4. The molecule has 0 spiro atoms. The maximum Gasteiger partial charge on any atom is 0.253 e. The van der Waals surface area contributed by atoms with Gasteiger partial charge in [0.15, 0.2) is 0 Å². The second kappa shape index (κ2) is 6.91. The van der Waals surface area contributed by atoms with Crippen molar-refractivity contribution < 1.29 is 9.59 Å². The van der Waals surface area contributed by atoms with Gasteiger partial charge in [0.2, 0.25) is 5.91 Å². The Balaban J connectivity index is 1.43. The van der Waals surface area contributed by atoms with Crippen LogP contribution < -0.4 is 15.5 Å². The van der Waals surface area contributed by atoms with E-state index in [0.29, 0.717) is 23.6 Å². The molecule has 2 aromatic heterocycles. The minimum atomic E-state index is -0.243. The van der Waals surface area contributed by atoms with Gasteiger partial charge in [0.05, 0.1) is 23.5 Å². The van der Waals surface area contributed by atoms with Gasteiger partial charge in [0.1, 0.15) is 5.82 Å². The molecule has 136 valence electrons. The zero-order chi connectivity index (χ0) is 18.8. The zero-order valence-corrected chi connectivity index (χ0v) is 14.7. The highest BCUT2D eigenvalue weighted by Crippen LogP contribution is 2.27. The standard InChI is InChI=1S/C19H18N6O2/c1-24-16-9-14(11-20-18(16)21-12-17(24)26)19(27)22-10-13-3-5-15(6-4-13)25-8-2-7-23-25/h2-9,11H,10,12H2,1H3,(H,20,21)(H,22,27). The summed E-state index contributed by atoms with van der Waals surface area (Å²) in [5, 5.41) is 10.0. The number of benzene rings is 1. The highest BCUT2D eigenvalue weighted by Gasteiger charge is 2.22. The maximum absolute atomic E-state index is 12.5. The highest BCUT2D eigenvalue weighted by atomic mass is 16.2. The SMILES string of the molecule is CN1C(=O)CNc2ncc(C(=O)NCc3ccc(-n4cccn4)cc3)cc21. The number of hydrogen-bond donors (Lipinski definition) is 2. The maximum atomic E-state index is 12.5. The number of amides is 2. The van der Waals surface area contributed by atoms with E-state index in [9.17, 15) is 9.59 Å². The number of hydrogen-bond acceptors (Lipinski definition) is 5. The van der Waals surface area contributed by atoms with Crippen molar-refractivity contribution in [1.29, 1.82) is 0 Å². The average Bonchev–Trinajstić information content (AvgIpc) is 3.24. The van der Waals surface area contributed by atoms with Gasteiger partial charge >= 0.3 is 0 Å². The van der Waals surface area contributed by atoms with Gasteiger partial charge in [-0.2, -0.15) is 5.10 Å². The lowest BCUT2D eigenvalue weighted by Crippen LogP contribution is -2.37. The summed E-state index contributed by atoms with van der Waals surface area (Å²) in [7, 11) is 1.67. The van der Waals surface area contributed by atoms with Crippen molar-refractivity contribution in [2.24, 2.45) is 0 Å². The van der Waals surface area contributed by atoms with Gasteiger partial charge in [-0.25, -0.2) is 9.67 Å². The predicted molar refractivity (Wildman–Crippen MR) is 101 cm³/mol. The Morgan fingerprint density at radius 2 is 2.11 bits per heavy atom. The van der Waals surface area contributed by atoms with Gasteiger partial charge in [0, 0.05) is 32.2 Å². The number of anilines is 2. The third kappa shape index (κ3) is 3.37. The predicted octanol–water partition coefficient (Wildman–Crippen LogP) is 1.59. The fraction of sp³-hybridized carbons (Fsp3) is 0.158. The summed E-state index contributed by atoms with van der Waals surface area (Å²) >= 11 is 0. The van der Waals surface area contributed by atoms with E-state index in [-0.39, 0.29) is 18.4 Å². The normalized spacial score (nSPS) is 13.1. The zero-order valence-electron chi connectivity index (χ0n) is 14.7. The number of likely N-dealkylation sites (N-methyl/N-ethyl adjacent to an activating group) is 1. The molecule has 0 unspecified atom stereocenters. The molecule has 1 aliphatic heterocycles. The van der Waals surface area contributed by atoms with Crippen LogP contribution in [0.4, 0.5) is 11.5 Å². The van der Waals surface area contributed by atoms with E-state index in [2.05, 4.69) is 20.7 Å². The molecule has 0 fully saturated rings. The molecule has 4 rings (SSSR count). The highest BCUT2D eigenvalue weighted by molar-refractivity contribution is 6.03. The van der Waals surface area contributed by atoms with Gasteiger partial charge in [-0.05, 0) is 29.8 Å². The molecule has 0 saturated carbocycles. The number of nitrogens with zero attached hydrogens (tertiary/aromatic N) is 4. The summed E-state index contributed by atoms with van der Waals surface area (Å²) in [5.41, 5.74) is 2.93. The van der Waals surface area contributed by atoms with Gasteiger partial charge in [-0.3, -0.25) is 9.59 Å². The van der Waals surface area contributed by atoms with Crippen LogP contribution in [0.25, 0.3) is 5.69 Å². The van der Waals surface area contributed by atoms with E-state index in [1.807, 2.05) is 36.5 Å². The number of fused-ring (bicyclic) bond motifs is 1. The molecular formula is C19H18N6O2. The van der Waals surface area contributed by atoms with Gasteiger partial charge in [-0.15, -0.1) is 0 Å². The quantitative estimate of drug-likeness (QED) is 0.735. The van der Waals surface area contributed by atoms with Crippen LogP contribution in [0.5, 0.6) is 0 Å². The summed E-state index contributed by atoms with van der Waals surface area (Å²) in [5.74, 6) is 0.287. The van der Waals surface area contributed by atoms with Crippen LogP contribution in [0.15, 0.2) is 55.0 Å². The Hall–Kier alpha value is -3.68. The van der Waals surface area contributed by atoms with Crippen LogP contribution in [0.2, 0.25) is 0 Å². The first-order chi connectivity index (χ1) is 13.1. The molecule has 8 heteroatoms. The topological polar surface area (TPSA) is 92.1 Å². The Labute approximate surface area is 155 Å². The van der Waals surface area contributed by atoms with Crippen molar-refractivity contribution in [3.63, 3.8) is 0 Å². The molecule has 0 radical (unpaired) electrons. The minimum absolute atomic E-state index is 0.0703. The third-order valence-electron chi connectivity index (χ3n) is 4.43. The number of aromatic nitrogens is 3. The number of carbonyl (C=O) groups is 2. The lowest BCUT2D eigenvalue weighted by molar-refractivity contribution is -0.116. The fourth-order valence-electron chi connectivity index (χ4n) is 2.85. The molecule has 0 saturated heterocycles. The molecule has 0 atom stereocenters. The van der Waals surface area contributed by atoms with Crippen LogP contribution in [-0.4, -0.2) is 40.2 Å². The van der Waals surface area contributed by atoms with E-state index in [4.69, 9.17) is 0 Å². The van der Waals surface area contributed by atoms with E-state index >= 15 is 0 Å². The molecule has 1 aromatic carbocycles. The van der Waals surface area contributed by atoms with E-state index in [0.717, 1.165) is 11.3 Å². The first-order valence-corrected chi connectivity index (χ1v) is 8.49. The second-order valence-corrected chi connectivity index (χ2v) is 6.20. The fourth-order valence-corrected chi connectivity index (χ4v) is 2.85. The Morgan fingerprint density at radius 1 is 1.30 bits per heavy atom. The van der Waals surface area contributed by atoms with Crippen LogP contribution >= 0.6 is 0 Å². The molecule has 0 bridgehead atoms. The number of nitrogens with one attached hydrogen (secondary N) is 2. The summed E-state index contributed by atoms with van der Waals surface area (Å²) in [6.07, 6.45) is 5.10. The molecule has 2 N–H and O–H groups in total. The van der Waals surface area contributed by atoms with Crippen molar-refractivity contribution >= 4 is 23.3 Å². The Bertz CT molecular complexity index is 982. The molecular weight excluding hydrogens is 344 g/mol. The summed E-state index contributed by atoms with van der Waals surface area (Å²) in [6.45, 7) is 0.596. The van der Waals surface area contributed by atoms with Gasteiger partial charge in [-0.1, -0.05) is 12.1 Å². The van der Waals surface area contributed by atoms with Crippen LogP contribution in [0.1, 0.15) is 15.9 Å². The van der Waals surface area contributed by atoms with Crippen molar-refractivity contribution in [2.45, 2.75) is 6.54 Å². The van der Waals surface area contributed by atoms with Crippen LogP contribution in [-0.2, 0) is 11.3 Å². The first kappa shape index (κ1) is 16.8. The minimum Gasteiger partial charge on any atom is -0.359 e. The van der Waals surface area contributed by atoms with Crippen molar-refractivity contribution in [2.75, 3.05) is 23.8 Å². The van der Waals surface area contributed by atoms with E-state index < -0.39 is 0 Å². The third-order valence-corrected chi connectivity index (χ3v) is 4.43. The number of pyridine rings is 1. The van der Waals surface area contributed by atoms with Crippen molar-refractivity contribution in [3.8, 4) is 5.69 Å². The summed E-state index contributed by atoms with van der Waals surface area (Å²) in [6, 6.07) is 11.3. The monoisotopic (exact) mass is 362 g/mol. The molecule has 1 aliphatic rings.